The van der Waals surface area contributed by atoms with Crippen LogP contribution in [0.1, 0.15) is 0 Å². The lowest BCUT2D eigenvalue weighted by Gasteiger charge is -2.15. The number of nitrogens with two attached hydrogens (primary N) is 1. The lowest BCUT2D eigenvalue weighted by atomic mass is 10.9. The maximum Gasteiger partial charge on any atom is 0.335 e. The molecular formula is C4H10N4O2. The van der Waals surface area contributed by atoms with E-state index in [9.17, 15) is 9.59 Å². The number of primary amides is 1. The fourth-order valence-corrected chi connectivity index (χ4v) is 0.384. The molecule has 0 fully saturated rings. The van der Waals surface area contributed by atoms with Crippen molar-refractivity contribution < 1.29 is 9.59 Å². The zero-order valence-corrected chi connectivity index (χ0v) is 5.84. The predicted molar refractivity (Wildman–Crippen MR) is 34.9 cm³/mol. The number of carbonyl (C=O) groups is 2. The smallest absolute Gasteiger partial charge is 0.335 e. The van der Waals surface area contributed by atoms with Gasteiger partial charge >= 0.3 is 12.1 Å². The number of hydrazine groups is 1. The Kier molecular flexibility index (Phi) is 3.03. The van der Waals surface area contributed by atoms with Crippen LogP contribution in [0, 0.1) is 0 Å². The molecule has 0 saturated carbocycles. The molecule has 0 aliphatic carbocycles. The van der Waals surface area contributed by atoms with Crippen molar-refractivity contribution in [2.24, 2.45) is 5.73 Å². The van der Waals surface area contributed by atoms with Crippen LogP contribution in [-0.4, -0.2) is 31.2 Å². The predicted octanol–water partition coefficient (Wildman–Crippen LogP) is -1.16. The van der Waals surface area contributed by atoms with Crippen LogP contribution >= 0.6 is 0 Å². The molecule has 58 valence electrons. The van der Waals surface area contributed by atoms with E-state index in [1.807, 2.05) is 0 Å². The van der Waals surface area contributed by atoms with E-state index in [0.29, 0.717) is 0 Å². The summed E-state index contributed by atoms with van der Waals surface area (Å²) < 4.78 is 0. The van der Waals surface area contributed by atoms with Crippen LogP contribution < -0.4 is 16.5 Å². The Labute approximate surface area is 58.3 Å². The molecule has 0 spiro atoms. The van der Waals surface area contributed by atoms with Crippen LogP contribution in [0.5, 0.6) is 0 Å². The maximum absolute atomic E-state index is 10.6. The second-order valence-corrected chi connectivity index (χ2v) is 1.59. The molecule has 0 rings (SSSR count). The molecule has 0 heterocycles. The fraction of sp³-hybridized carbons (Fsp3) is 0.500. The lowest BCUT2D eigenvalue weighted by molar-refractivity contribution is 0.186. The molecule has 6 nitrogen and oxygen atoms in total. The van der Waals surface area contributed by atoms with Crippen LogP contribution in [0.25, 0.3) is 0 Å². The van der Waals surface area contributed by atoms with Gasteiger partial charge in [-0.25, -0.2) is 20.0 Å². The van der Waals surface area contributed by atoms with Crippen LogP contribution in [0.4, 0.5) is 9.59 Å². The van der Waals surface area contributed by atoms with Crippen molar-refractivity contribution >= 4 is 12.1 Å². The zero-order chi connectivity index (χ0) is 8.15. The second-order valence-electron chi connectivity index (χ2n) is 1.59. The number of nitrogens with zero attached hydrogens (tertiary/aromatic N) is 1. The number of nitrogens with one attached hydrogen (secondary N) is 2. The van der Waals surface area contributed by atoms with Gasteiger partial charge < -0.3 is 11.1 Å². The van der Waals surface area contributed by atoms with E-state index in [0.717, 1.165) is 5.01 Å². The molecule has 0 atom stereocenters. The van der Waals surface area contributed by atoms with Gasteiger partial charge in [0.1, 0.15) is 0 Å². The summed E-state index contributed by atoms with van der Waals surface area (Å²) in [6.07, 6.45) is 0. The highest BCUT2D eigenvalue weighted by molar-refractivity contribution is 5.78. The van der Waals surface area contributed by atoms with Gasteiger partial charge in [-0.1, -0.05) is 0 Å². The second kappa shape index (κ2) is 3.54. The first-order valence-electron chi connectivity index (χ1n) is 2.59. The van der Waals surface area contributed by atoms with Crippen molar-refractivity contribution in [2.75, 3.05) is 14.1 Å². The van der Waals surface area contributed by atoms with Gasteiger partial charge in [0.15, 0.2) is 0 Å². The van der Waals surface area contributed by atoms with Gasteiger partial charge in [0.25, 0.3) is 0 Å². The molecule has 0 aliphatic rings. The van der Waals surface area contributed by atoms with E-state index < -0.39 is 12.1 Å². The van der Waals surface area contributed by atoms with Crippen LogP contribution in [0.15, 0.2) is 0 Å². The third kappa shape index (κ3) is 2.75. The molecule has 0 unspecified atom stereocenters. The van der Waals surface area contributed by atoms with Gasteiger partial charge in [-0.15, -0.1) is 0 Å². The Hall–Kier alpha value is -1.46. The molecule has 4 amide bonds. The molecule has 0 aromatic carbocycles. The molecule has 6 heteroatoms. The Morgan fingerprint density at radius 3 is 2.30 bits per heavy atom. The highest BCUT2D eigenvalue weighted by Gasteiger charge is 2.05. The molecule has 0 radical (unpaired) electrons. The summed E-state index contributed by atoms with van der Waals surface area (Å²) >= 11 is 0. The largest absolute Gasteiger partial charge is 0.350 e. The van der Waals surface area contributed by atoms with E-state index in [-0.39, 0.29) is 0 Å². The van der Waals surface area contributed by atoms with Crippen molar-refractivity contribution in [2.45, 2.75) is 0 Å². The number of rotatable bonds is 0. The normalized spacial score (nSPS) is 8.20. The summed E-state index contributed by atoms with van der Waals surface area (Å²) in [5.41, 5.74) is 6.77. The highest BCUT2D eigenvalue weighted by Crippen LogP contribution is 1.73. The third-order valence-electron chi connectivity index (χ3n) is 0.796. The average molecular weight is 146 g/mol. The summed E-state index contributed by atoms with van der Waals surface area (Å²) in [5.74, 6) is 0. The molecule has 0 saturated heterocycles. The zero-order valence-electron chi connectivity index (χ0n) is 5.84. The van der Waals surface area contributed by atoms with E-state index in [1.165, 1.54) is 14.1 Å². The Morgan fingerprint density at radius 1 is 1.50 bits per heavy atom. The summed E-state index contributed by atoms with van der Waals surface area (Å²) in [6, 6.07) is -1.20. The van der Waals surface area contributed by atoms with Crippen molar-refractivity contribution in [3.63, 3.8) is 0 Å². The van der Waals surface area contributed by atoms with Gasteiger partial charge in [0, 0.05) is 14.1 Å². The van der Waals surface area contributed by atoms with Crippen LogP contribution in [0.3, 0.4) is 0 Å². The maximum atomic E-state index is 10.6. The molecule has 0 aromatic heterocycles. The van der Waals surface area contributed by atoms with E-state index >= 15 is 0 Å². The Balaban J connectivity index is 3.72. The fourth-order valence-electron chi connectivity index (χ4n) is 0.384. The minimum absolute atomic E-state index is 0.432. The quantitative estimate of drug-likeness (QED) is 0.376. The average Bonchev–Trinajstić information content (AvgIpc) is 1.85. The van der Waals surface area contributed by atoms with E-state index in [4.69, 9.17) is 5.73 Å². The van der Waals surface area contributed by atoms with Gasteiger partial charge in [0.05, 0.1) is 0 Å². The third-order valence-corrected chi connectivity index (χ3v) is 0.796. The minimum Gasteiger partial charge on any atom is -0.350 e. The van der Waals surface area contributed by atoms with Crippen molar-refractivity contribution in [3.8, 4) is 0 Å². The first kappa shape index (κ1) is 8.54. The summed E-state index contributed by atoms with van der Waals surface area (Å²) in [4.78, 5) is 20.7. The molecule has 10 heavy (non-hydrogen) atoms. The number of hydrogen-bond acceptors (Lipinski definition) is 2. The Morgan fingerprint density at radius 2 is 2.00 bits per heavy atom. The first-order valence-corrected chi connectivity index (χ1v) is 2.59. The standard InChI is InChI=1S/C4H10N4O2/c1-6-4(10)8(2)7-3(5)9/h1-2H3,(H,6,10)(H3,5,7,9). The van der Waals surface area contributed by atoms with Crippen LogP contribution in [0.2, 0.25) is 0 Å². The minimum atomic E-state index is -0.772. The SMILES string of the molecule is CNC(=O)N(C)NC(N)=O. The topological polar surface area (TPSA) is 87.5 Å². The summed E-state index contributed by atoms with van der Waals surface area (Å²) in [6.45, 7) is 0. The summed E-state index contributed by atoms with van der Waals surface area (Å²) in [7, 11) is 2.82. The van der Waals surface area contributed by atoms with Crippen molar-refractivity contribution in [1.29, 1.82) is 0 Å². The summed E-state index contributed by atoms with van der Waals surface area (Å²) in [5, 5.41) is 3.23. The van der Waals surface area contributed by atoms with Gasteiger partial charge in [-0.3, -0.25) is 0 Å². The van der Waals surface area contributed by atoms with Crippen LogP contribution in [-0.2, 0) is 0 Å². The van der Waals surface area contributed by atoms with E-state index in [1.54, 1.807) is 0 Å². The monoisotopic (exact) mass is 146 g/mol. The molecule has 0 aromatic rings. The number of amides is 4. The molecule has 0 bridgehead atoms. The van der Waals surface area contributed by atoms with E-state index in [2.05, 4.69) is 10.7 Å². The van der Waals surface area contributed by atoms with Gasteiger partial charge in [-0.2, -0.15) is 0 Å². The first-order chi connectivity index (χ1) is 4.57. The number of carbonyl (C=O) groups excluding carboxylic acids is 2. The molecule has 4 N–H and O–H groups in total. The van der Waals surface area contributed by atoms with Crippen molar-refractivity contribution in [1.82, 2.24) is 15.8 Å². The number of hydrogen-bond donors (Lipinski definition) is 3. The molecular weight excluding hydrogens is 136 g/mol. The van der Waals surface area contributed by atoms with Gasteiger partial charge in [-0.05, 0) is 0 Å². The molecule has 0 aliphatic heterocycles. The van der Waals surface area contributed by atoms with Crippen molar-refractivity contribution in [3.05, 3.63) is 0 Å². The lowest BCUT2D eigenvalue weighted by Crippen LogP contribution is -2.49. The van der Waals surface area contributed by atoms with Gasteiger partial charge in [0.2, 0.25) is 0 Å². The Bertz CT molecular complexity index is 146. The number of urea groups is 2. The highest BCUT2D eigenvalue weighted by atomic mass is 16.2.